The Morgan fingerprint density at radius 1 is 0.857 bits per heavy atom. The number of fused-ring (bicyclic) bond motifs is 5. The summed E-state index contributed by atoms with van der Waals surface area (Å²) in [5.41, 5.74) is 2.29. The minimum Gasteiger partial charge on any atom is -0.385 e. The molecule has 21 heavy (non-hydrogen) atoms. The molecule has 0 saturated heterocycles. The van der Waals surface area contributed by atoms with Gasteiger partial charge in [0.15, 0.2) is 0 Å². The number of benzene rings is 3. The molecule has 0 aromatic heterocycles. The standard InChI is InChI=1S/C19H16O2/c1-19(21)17-13-7-3-2-6-12(13)10-11-15(17)14-8-4-5-9-16(14)18(19)20/h2-11,18,20-21H,1H3. The van der Waals surface area contributed by atoms with Crippen LogP contribution in [0.2, 0.25) is 0 Å². The maximum Gasteiger partial charge on any atom is 0.118 e. The van der Waals surface area contributed by atoms with Gasteiger partial charge in [0.25, 0.3) is 0 Å². The normalized spacial score (nSPS) is 23.7. The van der Waals surface area contributed by atoms with Gasteiger partial charge in [-0.2, -0.15) is 0 Å². The average Bonchev–Trinajstić information content (AvgIpc) is 2.52. The minimum atomic E-state index is -1.30. The summed E-state index contributed by atoms with van der Waals surface area (Å²) in [5.74, 6) is 0. The second kappa shape index (κ2) is 4.17. The van der Waals surface area contributed by atoms with Crippen LogP contribution in [0.4, 0.5) is 0 Å². The lowest BCUT2D eigenvalue weighted by Gasteiger charge is -2.38. The SMILES string of the molecule is CC1(O)c2c(ccc3ccccc23)-c2ccccc2C1O. The summed E-state index contributed by atoms with van der Waals surface area (Å²) in [6.45, 7) is 1.69. The second-order valence-corrected chi connectivity index (χ2v) is 5.85. The number of hydrogen-bond acceptors (Lipinski definition) is 2. The van der Waals surface area contributed by atoms with Crippen LogP contribution in [-0.2, 0) is 5.60 Å². The van der Waals surface area contributed by atoms with Crippen molar-refractivity contribution < 1.29 is 10.2 Å². The third-order valence-electron chi connectivity index (χ3n) is 4.51. The molecule has 3 aromatic rings. The van der Waals surface area contributed by atoms with Crippen molar-refractivity contribution >= 4 is 10.8 Å². The van der Waals surface area contributed by atoms with E-state index in [1.54, 1.807) is 6.92 Å². The van der Waals surface area contributed by atoms with Crippen molar-refractivity contribution in [2.75, 3.05) is 0 Å². The van der Waals surface area contributed by atoms with E-state index >= 15 is 0 Å². The monoisotopic (exact) mass is 276 g/mol. The van der Waals surface area contributed by atoms with Crippen molar-refractivity contribution in [3.63, 3.8) is 0 Å². The van der Waals surface area contributed by atoms with E-state index < -0.39 is 11.7 Å². The molecule has 2 nitrogen and oxygen atoms in total. The van der Waals surface area contributed by atoms with E-state index in [0.29, 0.717) is 0 Å². The van der Waals surface area contributed by atoms with Crippen LogP contribution in [0.1, 0.15) is 24.2 Å². The van der Waals surface area contributed by atoms with Crippen LogP contribution in [0, 0.1) is 0 Å². The van der Waals surface area contributed by atoms with Crippen molar-refractivity contribution in [2.45, 2.75) is 18.6 Å². The average molecular weight is 276 g/mol. The Balaban J connectivity index is 2.18. The molecule has 2 unspecified atom stereocenters. The molecule has 4 rings (SSSR count). The van der Waals surface area contributed by atoms with Crippen molar-refractivity contribution in [2.24, 2.45) is 0 Å². The Morgan fingerprint density at radius 3 is 2.43 bits per heavy atom. The highest BCUT2D eigenvalue weighted by molar-refractivity contribution is 5.94. The third kappa shape index (κ3) is 1.60. The summed E-state index contributed by atoms with van der Waals surface area (Å²) < 4.78 is 0. The lowest BCUT2D eigenvalue weighted by Crippen LogP contribution is -2.34. The summed E-state index contributed by atoms with van der Waals surface area (Å²) in [6, 6.07) is 19.8. The van der Waals surface area contributed by atoms with Crippen LogP contribution < -0.4 is 0 Å². The van der Waals surface area contributed by atoms with Gasteiger partial charge in [-0.15, -0.1) is 0 Å². The summed E-state index contributed by atoms with van der Waals surface area (Å²) in [6.07, 6.45) is -0.924. The molecule has 1 aliphatic rings. The highest BCUT2D eigenvalue weighted by Gasteiger charge is 2.41. The van der Waals surface area contributed by atoms with Gasteiger partial charge in [0.1, 0.15) is 11.7 Å². The fourth-order valence-corrected chi connectivity index (χ4v) is 3.46. The molecule has 3 aromatic carbocycles. The Bertz CT molecular complexity index is 849. The zero-order valence-electron chi connectivity index (χ0n) is 11.7. The van der Waals surface area contributed by atoms with Crippen molar-refractivity contribution in [3.8, 4) is 11.1 Å². The first-order valence-corrected chi connectivity index (χ1v) is 7.12. The van der Waals surface area contributed by atoms with E-state index in [1.807, 2.05) is 54.6 Å². The summed E-state index contributed by atoms with van der Waals surface area (Å²) in [4.78, 5) is 0. The van der Waals surface area contributed by atoms with Crippen LogP contribution in [0.3, 0.4) is 0 Å². The zero-order valence-corrected chi connectivity index (χ0v) is 11.7. The molecule has 0 aliphatic heterocycles. The molecular weight excluding hydrogens is 260 g/mol. The highest BCUT2D eigenvalue weighted by Crippen LogP contribution is 2.50. The molecule has 2 N–H and O–H groups in total. The first-order chi connectivity index (χ1) is 10.1. The van der Waals surface area contributed by atoms with Crippen LogP contribution in [0.25, 0.3) is 21.9 Å². The quantitative estimate of drug-likeness (QED) is 0.656. The zero-order chi connectivity index (χ0) is 14.6. The highest BCUT2D eigenvalue weighted by atomic mass is 16.3. The number of aliphatic hydroxyl groups is 2. The molecule has 0 saturated carbocycles. The summed E-state index contributed by atoms with van der Waals surface area (Å²) in [7, 11) is 0. The van der Waals surface area contributed by atoms with Gasteiger partial charge in [0, 0.05) is 5.56 Å². The molecule has 2 atom stereocenters. The predicted octanol–water partition coefficient (Wildman–Crippen LogP) is 3.76. The van der Waals surface area contributed by atoms with E-state index in [0.717, 1.165) is 33.0 Å². The van der Waals surface area contributed by atoms with Crippen LogP contribution >= 0.6 is 0 Å². The fraction of sp³-hybridized carbons (Fsp3) is 0.158. The van der Waals surface area contributed by atoms with Gasteiger partial charge in [-0.25, -0.2) is 0 Å². The number of rotatable bonds is 0. The lowest BCUT2D eigenvalue weighted by atomic mass is 9.73. The van der Waals surface area contributed by atoms with E-state index in [1.165, 1.54) is 0 Å². The molecule has 104 valence electrons. The molecule has 2 heteroatoms. The van der Waals surface area contributed by atoms with Crippen molar-refractivity contribution in [1.82, 2.24) is 0 Å². The van der Waals surface area contributed by atoms with E-state index in [4.69, 9.17) is 0 Å². The largest absolute Gasteiger partial charge is 0.385 e. The number of aliphatic hydroxyl groups excluding tert-OH is 1. The molecule has 0 amide bonds. The third-order valence-corrected chi connectivity index (χ3v) is 4.51. The molecule has 0 bridgehead atoms. The smallest absolute Gasteiger partial charge is 0.118 e. The molecule has 1 aliphatic carbocycles. The van der Waals surface area contributed by atoms with E-state index in [9.17, 15) is 10.2 Å². The van der Waals surface area contributed by atoms with E-state index in [-0.39, 0.29) is 0 Å². The topological polar surface area (TPSA) is 40.5 Å². The molecule has 0 radical (unpaired) electrons. The Kier molecular flexibility index (Phi) is 2.49. The Labute approximate surface area is 123 Å². The van der Waals surface area contributed by atoms with Gasteiger partial charge in [-0.1, -0.05) is 60.7 Å². The molecular formula is C19H16O2. The second-order valence-electron chi connectivity index (χ2n) is 5.85. The summed E-state index contributed by atoms with van der Waals surface area (Å²) >= 11 is 0. The van der Waals surface area contributed by atoms with Gasteiger partial charge in [-0.3, -0.25) is 0 Å². The van der Waals surface area contributed by atoms with Gasteiger partial charge in [0.2, 0.25) is 0 Å². The summed E-state index contributed by atoms with van der Waals surface area (Å²) in [5, 5.41) is 23.7. The van der Waals surface area contributed by atoms with Crippen LogP contribution in [-0.4, -0.2) is 10.2 Å². The molecule has 0 spiro atoms. The fourth-order valence-electron chi connectivity index (χ4n) is 3.46. The maximum absolute atomic E-state index is 11.0. The van der Waals surface area contributed by atoms with Gasteiger partial charge in [0.05, 0.1) is 0 Å². The lowest BCUT2D eigenvalue weighted by molar-refractivity contribution is -0.0693. The number of hydrogen-bond donors (Lipinski definition) is 2. The first kappa shape index (κ1) is 12.6. The van der Waals surface area contributed by atoms with Crippen molar-refractivity contribution in [3.05, 3.63) is 71.8 Å². The van der Waals surface area contributed by atoms with Gasteiger partial charge < -0.3 is 10.2 Å². The minimum absolute atomic E-state index is 0.783. The van der Waals surface area contributed by atoms with Crippen molar-refractivity contribution in [1.29, 1.82) is 0 Å². The Morgan fingerprint density at radius 2 is 1.57 bits per heavy atom. The van der Waals surface area contributed by atoms with Gasteiger partial charge >= 0.3 is 0 Å². The van der Waals surface area contributed by atoms with Crippen LogP contribution in [0.5, 0.6) is 0 Å². The predicted molar refractivity (Wildman–Crippen MR) is 83.9 cm³/mol. The van der Waals surface area contributed by atoms with E-state index in [2.05, 4.69) is 6.07 Å². The van der Waals surface area contributed by atoms with Gasteiger partial charge in [-0.05, 0) is 34.4 Å². The Hall–Kier alpha value is -2.16. The first-order valence-electron chi connectivity index (χ1n) is 7.12. The van der Waals surface area contributed by atoms with Crippen LogP contribution in [0.15, 0.2) is 60.7 Å². The maximum atomic E-state index is 11.0. The molecule has 0 fully saturated rings. The molecule has 0 heterocycles.